The first-order valence-electron chi connectivity index (χ1n) is 9.31. The molecule has 3 aromatic rings. The lowest BCUT2D eigenvalue weighted by molar-refractivity contribution is -0.110. The van der Waals surface area contributed by atoms with Gasteiger partial charge in [-0.1, -0.05) is 92.5 Å². The Labute approximate surface area is 187 Å². The Hall–Kier alpha value is -2.49. The number of Topliss-reactive ketones (excluding diaryl/α,β-unsaturated/α-hetero) is 1. The summed E-state index contributed by atoms with van der Waals surface area (Å²) >= 11 is 7.03. The molecular weight excluding hydrogens is 488 g/mol. The smallest absolute Gasteiger partial charge is 0.191 e. The molecule has 1 aliphatic carbocycles. The van der Waals surface area contributed by atoms with E-state index in [1.165, 1.54) is 0 Å². The van der Waals surface area contributed by atoms with Gasteiger partial charge in [-0.2, -0.15) is 0 Å². The van der Waals surface area contributed by atoms with E-state index in [1.54, 1.807) is 6.08 Å². The summed E-state index contributed by atoms with van der Waals surface area (Å²) < 4.78 is 2.02. The summed E-state index contributed by atoms with van der Waals surface area (Å²) in [4.78, 5) is 13.6. The molecule has 0 unspecified atom stereocenters. The van der Waals surface area contributed by atoms with Crippen LogP contribution in [0.3, 0.4) is 0 Å². The zero-order chi connectivity index (χ0) is 20.4. The first-order chi connectivity index (χ1) is 14.1. The fourth-order valence-corrected chi connectivity index (χ4v) is 4.24. The Morgan fingerprint density at radius 2 is 1.14 bits per heavy atom. The lowest BCUT2D eigenvalue weighted by atomic mass is 9.90. The minimum atomic E-state index is 0.0759. The number of halogens is 2. The van der Waals surface area contributed by atoms with Crippen molar-refractivity contribution in [2.24, 2.45) is 0 Å². The molecule has 0 N–H and O–H groups in total. The molecule has 0 amide bonds. The molecule has 0 spiro atoms. The van der Waals surface area contributed by atoms with Crippen molar-refractivity contribution in [3.63, 3.8) is 0 Å². The summed E-state index contributed by atoms with van der Waals surface area (Å²) in [5, 5.41) is 0. The van der Waals surface area contributed by atoms with Crippen molar-refractivity contribution < 1.29 is 4.79 Å². The Balaban J connectivity index is 2.04. The SMILES string of the molecule is C=CCC1=C(c2ccc(Br)cc2)C(c2ccc(Br)cc2)=C(c2ccccc2)C1=O. The second kappa shape index (κ2) is 8.48. The van der Waals surface area contributed by atoms with Crippen molar-refractivity contribution >= 4 is 54.4 Å². The van der Waals surface area contributed by atoms with Crippen molar-refractivity contribution in [2.75, 3.05) is 0 Å². The largest absolute Gasteiger partial charge is 0.289 e. The fourth-order valence-electron chi connectivity index (χ4n) is 3.71. The molecule has 4 rings (SSSR count). The first kappa shape index (κ1) is 19.8. The van der Waals surface area contributed by atoms with Crippen molar-refractivity contribution in [3.05, 3.63) is 123 Å². The van der Waals surface area contributed by atoms with Crippen LogP contribution in [-0.2, 0) is 4.79 Å². The van der Waals surface area contributed by atoms with E-state index in [-0.39, 0.29) is 5.78 Å². The summed E-state index contributed by atoms with van der Waals surface area (Å²) in [5.74, 6) is 0.0759. The zero-order valence-corrected chi connectivity index (χ0v) is 18.8. The van der Waals surface area contributed by atoms with Crippen LogP contribution in [0.25, 0.3) is 16.7 Å². The van der Waals surface area contributed by atoms with Crippen molar-refractivity contribution in [1.29, 1.82) is 0 Å². The average molecular weight is 506 g/mol. The first-order valence-corrected chi connectivity index (χ1v) is 10.9. The number of benzene rings is 3. The van der Waals surface area contributed by atoms with E-state index in [1.807, 2.05) is 54.6 Å². The summed E-state index contributed by atoms with van der Waals surface area (Å²) in [6.45, 7) is 3.89. The zero-order valence-electron chi connectivity index (χ0n) is 15.7. The van der Waals surface area contributed by atoms with Crippen LogP contribution in [0, 0.1) is 0 Å². The number of allylic oxidation sites excluding steroid dienone is 5. The van der Waals surface area contributed by atoms with E-state index in [9.17, 15) is 4.79 Å². The molecule has 0 heterocycles. The Bertz CT molecular complexity index is 1140. The van der Waals surface area contributed by atoms with Gasteiger partial charge in [-0.05, 0) is 52.9 Å². The maximum atomic E-state index is 13.6. The third-order valence-electron chi connectivity index (χ3n) is 4.98. The molecule has 0 fully saturated rings. The van der Waals surface area contributed by atoms with Crippen LogP contribution in [-0.4, -0.2) is 5.78 Å². The number of ketones is 1. The molecule has 0 saturated carbocycles. The molecule has 1 aliphatic rings. The highest BCUT2D eigenvalue weighted by molar-refractivity contribution is 9.10. The minimum absolute atomic E-state index is 0.0759. The van der Waals surface area contributed by atoms with Gasteiger partial charge in [0.1, 0.15) is 0 Å². The van der Waals surface area contributed by atoms with Crippen LogP contribution < -0.4 is 0 Å². The van der Waals surface area contributed by atoms with E-state index in [0.717, 1.165) is 47.9 Å². The standard InChI is InChI=1S/C26H18Br2O/c1-2-6-22-23(18-9-13-20(27)14-10-18)24(19-11-15-21(28)16-12-19)25(26(22)29)17-7-4-3-5-8-17/h2-5,7-16H,1,6H2. The average Bonchev–Trinajstić information content (AvgIpc) is 3.02. The summed E-state index contributed by atoms with van der Waals surface area (Å²) in [6, 6.07) is 26.2. The number of hydrogen-bond acceptors (Lipinski definition) is 1. The molecule has 29 heavy (non-hydrogen) atoms. The van der Waals surface area contributed by atoms with Gasteiger partial charge in [0.05, 0.1) is 0 Å². The Kier molecular flexibility index (Phi) is 5.79. The highest BCUT2D eigenvalue weighted by Crippen LogP contribution is 2.47. The number of rotatable bonds is 5. The van der Waals surface area contributed by atoms with E-state index in [2.05, 4.69) is 62.7 Å². The minimum Gasteiger partial charge on any atom is -0.289 e. The summed E-state index contributed by atoms with van der Waals surface area (Å²) in [7, 11) is 0. The van der Waals surface area contributed by atoms with Crippen LogP contribution in [0.4, 0.5) is 0 Å². The third-order valence-corrected chi connectivity index (χ3v) is 6.04. The number of hydrogen-bond donors (Lipinski definition) is 0. The van der Waals surface area contributed by atoms with Crippen LogP contribution >= 0.6 is 31.9 Å². The van der Waals surface area contributed by atoms with E-state index >= 15 is 0 Å². The van der Waals surface area contributed by atoms with Gasteiger partial charge in [0, 0.05) is 25.7 Å². The fraction of sp³-hybridized carbons (Fsp3) is 0.0385. The van der Waals surface area contributed by atoms with E-state index in [4.69, 9.17) is 0 Å². The molecule has 3 aromatic carbocycles. The van der Waals surface area contributed by atoms with Crippen molar-refractivity contribution in [2.45, 2.75) is 6.42 Å². The van der Waals surface area contributed by atoms with E-state index in [0.29, 0.717) is 6.42 Å². The lowest BCUT2D eigenvalue weighted by Crippen LogP contribution is -2.01. The van der Waals surface area contributed by atoms with Gasteiger partial charge in [-0.25, -0.2) is 0 Å². The van der Waals surface area contributed by atoms with Crippen LogP contribution in [0.1, 0.15) is 23.1 Å². The molecule has 3 heteroatoms. The highest BCUT2D eigenvalue weighted by atomic mass is 79.9. The molecular formula is C26H18Br2O. The van der Waals surface area contributed by atoms with Gasteiger partial charge in [0.15, 0.2) is 5.78 Å². The van der Waals surface area contributed by atoms with Crippen LogP contribution in [0.2, 0.25) is 0 Å². The van der Waals surface area contributed by atoms with Gasteiger partial charge >= 0.3 is 0 Å². The van der Waals surface area contributed by atoms with Gasteiger partial charge in [0.25, 0.3) is 0 Å². The molecule has 0 saturated heterocycles. The molecule has 0 aliphatic heterocycles. The molecule has 0 atom stereocenters. The maximum Gasteiger partial charge on any atom is 0.191 e. The van der Waals surface area contributed by atoms with Gasteiger partial charge in [-0.15, -0.1) is 6.58 Å². The topological polar surface area (TPSA) is 17.1 Å². The lowest BCUT2D eigenvalue weighted by Gasteiger charge is -2.13. The van der Waals surface area contributed by atoms with Gasteiger partial charge in [-0.3, -0.25) is 4.79 Å². The summed E-state index contributed by atoms with van der Waals surface area (Å²) in [6.07, 6.45) is 2.33. The molecule has 142 valence electrons. The van der Waals surface area contributed by atoms with E-state index < -0.39 is 0 Å². The predicted molar refractivity (Wildman–Crippen MR) is 128 cm³/mol. The second-order valence-corrected chi connectivity index (χ2v) is 8.64. The predicted octanol–water partition coefficient (Wildman–Crippen LogP) is 7.74. The number of carbonyl (C=O) groups excluding carboxylic acids is 1. The van der Waals surface area contributed by atoms with Gasteiger partial charge in [0.2, 0.25) is 0 Å². The van der Waals surface area contributed by atoms with Crippen molar-refractivity contribution in [1.82, 2.24) is 0 Å². The Morgan fingerprint density at radius 3 is 1.66 bits per heavy atom. The molecule has 1 nitrogen and oxygen atoms in total. The molecule has 0 bridgehead atoms. The summed E-state index contributed by atoms with van der Waals surface area (Å²) in [5.41, 5.74) is 6.50. The quantitative estimate of drug-likeness (QED) is 0.324. The number of carbonyl (C=O) groups is 1. The second-order valence-electron chi connectivity index (χ2n) is 6.81. The van der Waals surface area contributed by atoms with Gasteiger partial charge < -0.3 is 0 Å². The third kappa shape index (κ3) is 3.85. The maximum absolute atomic E-state index is 13.6. The van der Waals surface area contributed by atoms with Crippen molar-refractivity contribution in [3.8, 4) is 0 Å². The molecule has 0 aromatic heterocycles. The Morgan fingerprint density at radius 1 is 0.655 bits per heavy atom. The highest BCUT2D eigenvalue weighted by Gasteiger charge is 2.33. The molecule has 0 radical (unpaired) electrons. The van der Waals surface area contributed by atoms with Crippen LogP contribution in [0.5, 0.6) is 0 Å². The monoisotopic (exact) mass is 504 g/mol. The normalized spacial score (nSPS) is 13.9. The van der Waals surface area contributed by atoms with Crippen LogP contribution in [0.15, 0.2) is 106 Å².